The standard InChI is InChI=1S/C19H19ClN2O/c1-13(2)12-22-18-7-5-4-6-17(18)21-19(22)14(3)23-16-10-8-15(20)9-11-16/h4-11,14H,1,12H2,2-3H3. The van der Waals surface area contributed by atoms with Crippen molar-refractivity contribution >= 4 is 22.6 Å². The van der Waals surface area contributed by atoms with Crippen molar-refractivity contribution in [1.29, 1.82) is 0 Å². The zero-order valence-corrected chi connectivity index (χ0v) is 14.0. The van der Waals surface area contributed by atoms with Gasteiger partial charge in [-0.2, -0.15) is 0 Å². The number of rotatable bonds is 5. The highest BCUT2D eigenvalue weighted by Gasteiger charge is 2.18. The van der Waals surface area contributed by atoms with Crippen molar-refractivity contribution in [2.24, 2.45) is 0 Å². The molecule has 0 spiro atoms. The fourth-order valence-corrected chi connectivity index (χ4v) is 2.74. The monoisotopic (exact) mass is 326 g/mol. The van der Waals surface area contributed by atoms with E-state index in [2.05, 4.69) is 17.2 Å². The summed E-state index contributed by atoms with van der Waals surface area (Å²) in [6.45, 7) is 8.78. The minimum atomic E-state index is -0.178. The summed E-state index contributed by atoms with van der Waals surface area (Å²) < 4.78 is 8.20. The largest absolute Gasteiger partial charge is 0.483 e. The number of allylic oxidation sites excluding steroid dienone is 1. The van der Waals surface area contributed by atoms with Gasteiger partial charge in [0, 0.05) is 11.6 Å². The summed E-state index contributed by atoms with van der Waals surface area (Å²) >= 11 is 5.92. The number of imidazole rings is 1. The first-order chi connectivity index (χ1) is 11.0. The van der Waals surface area contributed by atoms with Crippen LogP contribution < -0.4 is 4.74 Å². The van der Waals surface area contributed by atoms with Gasteiger partial charge in [-0.3, -0.25) is 0 Å². The van der Waals surface area contributed by atoms with Gasteiger partial charge in [0.15, 0.2) is 11.9 Å². The number of aromatic nitrogens is 2. The van der Waals surface area contributed by atoms with Crippen LogP contribution in [0.1, 0.15) is 25.8 Å². The number of nitrogens with zero attached hydrogens (tertiary/aromatic N) is 2. The van der Waals surface area contributed by atoms with Gasteiger partial charge in [0.2, 0.25) is 0 Å². The predicted molar refractivity (Wildman–Crippen MR) is 95.0 cm³/mol. The average Bonchev–Trinajstić information content (AvgIpc) is 2.88. The van der Waals surface area contributed by atoms with Crippen LogP contribution in [-0.4, -0.2) is 9.55 Å². The van der Waals surface area contributed by atoms with Crippen molar-refractivity contribution in [3.63, 3.8) is 0 Å². The topological polar surface area (TPSA) is 27.1 Å². The quantitative estimate of drug-likeness (QED) is 0.586. The van der Waals surface area contributed by atoms with Gasteiger partial charge in [-0.1, -0.05) is 35.9 Å². The molecule has 2 aromatic carbocycles. The van der Waals surface area contributed by atoms with Gasteiger partial charge in [0.1, 0.15) is 5.75 Å². The van der Waals surface area contributed by atoms with Crippen LogP contribution in [0.15, 0.2) is 60.7 Å². The molecule has 23 heavy (non-hydrogen) atoms. The van der Waals surface area contributed by atoms with Gasteiger partial charge in [0.05, 0.1) is 11.0 Å². The number of ether oxygens (including phenoxy) is 1. The van der Waals surface area contributed by atoms with E-state index in [1.807, 2.05) is 56.3 Å². The van der Waals surface area contributed by atoms with E-state index < -0.39 is 0 Å². The molecule has 0 bridgehead atoms. The first-order valence-corrected chi connectivity index (χ1v) is 7.94. The van der Waals surface area contributed by atoms with Crippen molar-refractivity contribution in [1.82, 2.24) is 9.55 Å². The first kappa shape index (κ1) is 15.6. The van der Waals surface area contributed by atoms with E-state index in [1.165, 1.54) is 0 Å². The third kappa shape index (κ3) is 3.40. The molecule has 0 radical (unpaired) electrons. The van der Waals surface area contributed by atoms with Gasteiger partial charge < -0.3 is 9.30 Å². The number of para-hydroxylation sites is 2. The molecule has 0 aliphatic heterocycles. The summed E-state index contributed by atoms with van der Waals surface area (Å²) in [5.41, 5.74) is 3.14. The van der Waals surface area contributed by atoms with E-state index in [9.17, 15) is 0 Å². The summed E-state index contributed by atoms with van der Waals surface area (Å²) in [5, 5.41) is 0.694. The number of benzene rings is 2. The van der Waals surface area contributed by atoms with Gasteiger partial charge >= 0.3 is 0 Å². The van der Waals surface area contributed by atoms with Gasteiger partial charge in [-0.15, -0.1) is 0 Å². The molecule has 118 valence electrons. The van der Waals surface area contributed by atoms with Crippen LogP contribution in [0.4, 0.5) is 0 Å². The van der Waals surface area contributed by atoms with Crippen molar-refractivity contribution in [3.8, 4) is 5.75 Å². The van der Waals surface area contributed by atoms with E-state index in [4.69, 9.17) is 21.3 Å². The molecule has 0 N–H and O–H groups in total. The second-order valence-electron chi connectivity index (χ2n) is 5.72. The van der Waals surface area contributed by atoms with Crippen LogP contribution >= 0.6 is 11.6 Å². The van der Waals surface area contributed by atoms with Crippen LogP contribution in [0.5, 0.6) is 5.75 Å². The Hall–Kier alpha value is -2.26. The minimum Gasteiger partial charge on any atom is -0.483 e. The summed E-state index contributed by atoms with van der Waals surface area (Å²) in [6.07, 6.45) is -0.178. The van der Waals surface area contributed by atoms with Crippen LogP contribution in [0.2, 0.25) is 5.02 Å². The van der Waals surface area contributed by atoms with Crippen LogP contribution in [-0.2, 0) is 6.54 Å². The number of hydrogen-bond acceptors (Lipinski definition) is 2. The minimum absolute atomic E-state index is 0.178. The lowest BCUT2D eigenvalue weighted by Gasteiger charge is -2.17. The Kier molecular flexibility index (Phi) is 4.39. The fraction of sp³-hybridized carbons (Fsp3) is 0.211. The molecule has 1 unspecified atom stereocenters. The van der Waals surface area contributed by atoms with E-state index >= 15 is 0 Å². The normalized spacial score (nSPS) is 12.3. The average molecular weight is 327 g/mol. The predicted octanol–water partition coefficient (Wildman–Crippen LogP) is 5.41. The molecule has 1 aromatic heterocycles. The third-order valence-electron chi connectivity index (χ3n) is 3.60. The summed E-state index contributed by atoms with van der Waals surface area (Å²) in [4.78, 5) is 4.75. The maximum atomic E-state index is 6.04. The van der Waals surface area contributed by atoms with Crippen LogP contribution in [0, 0.1) is 0 Å². The lowest BCUT2D eigenvalue weighted by Crippen LogP contribution is -2.12. The van der Waals surface area contributed by atoms with Crippen molar-refractivity contribution in [2.75, 3.05) is 0 Å². The van der Waals surface area contributed by atoms with Crippen molar-refractivity contribution in [2.45, 2.75) is 26.5 Å². The molecule has 3 rings (SSSR count). The fourth-order valence-electron chi connectivity index (χ4n) is 2.61. The molecule has 0 aliphatic rings. The van der Waals surface area contributed by atoms with Crippen LogP contribution in [0.25, 0.3) is 11.0 Å². The van der Waals surface area contributed by atoms with Gasteiger partial charge in [0.25, 0.3) is 0 Å². The Labute approximate surface area is 141 Å². The van der Waals surface area contributed by atoms with Gasteiger partial charge in [-0.05, 0) is 50.2 Å². The van der Waals surface area contributed by atoms with E-state index in [-0.39, 0.29) is 6.10 Å². The molecule has 3 nitrogen and oxygen atoms in total. The number of hydrogen-bond donors (Lipinski definition) is 0. The van der Waals surface area contributed by atoms with Crippen LogP contribution in [0.3, 0.4) is 0 Å². The smallest absolute Gasteiger partial charge is 0.153 e. The number of halogens is 1. The first-order valence-electron chi connectivity index (χ1n) is 7.56. The maximum absolute atomic E-state index is 6.04. The second kappa shape index (κ2) is 6.47. The van der Waals surface area contributed by atoms with E-state index in [0.717, 1.165) is 34.7 Å². The molecular formula is C19H19ClN2O. The second-order valence-corrected chi connectivity index (χ2v) is 6.15. The Balaban J connectivity index is 1.96. The summed E-state index contributed by atoms with van der Waals surface area (Å²) in [6, 6.07) is 15.5. The summed E-state index contributed by atoms with van der Waals surface area (Å²) in [7, 11) is 0. The highest BCUT2D eigenvalue weighted by molar-refractivity contribution is 6.30. The molecule has 3 aromatic rings. The number of fused-ring (bicyclic) bond motifs is 1. The maximum Gasteiger partial charge on any atom is 0.153 e. The molecule has 0 saturated heterocycles. The zero-order valence-electron chi connectivity index (χ0n) is 13.3. The zero-order chi connectivity index (χ0) is 16.4. The SMILES string of the molecule is C=C(C)Cn1c(C(C)Oc2ccc(Cl)cc2)nc2ccccc21. The Morgan fingerprint density at radius 2 is 1.91 bits per heavy atom. The lowest BCUT2D eigenvalue weighted by molar-refractivity contribution is 0.212. The molecule has 1 atom stereocenters. The summed E-state index contributed by atoms with van der Waals surface area (Å²) in [5.74, 6) is 1.67. The Morgan fingerprint density at radius 1 is 1.22 bits per heavy atom. The van der Waals surface area contributed by atoms with Crippen molar-refractivity contribution in [3.05, 3.63) is 71.5 Å². The van der Waals surface area contributed by atoms with E-state index in [1.54, 1.807) is 0 Å². The lowest BCUT2D eigenvalue weighted by atomic mass is 10.3. The third-order valence-corrected chi connectivity index (χ3v) is 3.85. The molecule has 0 aliphatic carbocycles. The van der Waals surface area contributed by atoms with E-state index in [0.29, 0.717) is 5.02 Å². The highest BCUT2D eigenvalue weighted by atomic mass is 35.5. The molecule has 4 heteroatoms. The molecule has 1 heterocycles. The molecule has 0 amide bonds. The highest BCUT2D eigenvalue weighted by Crippen LogP contribution is 2.26. The Bertz CT molecular complexity index is 836. The van der Waals surface area contributed by atoms with Gasteiger partial charge in [-0.25, -0.2) is 4.98 Å². The molecule has 0 fully saturated rings. The molecular weight excluding hydrogens is 308 g/mol. The molecule has 0 saturated carbocycles. The van der Waals surface area contributed by atoms with Crippen molar-refractivity contribution < 1.29 is 4.74 Å². The Morgan fingerprint density at radius 3 is 2.61 bits per heavy atom.